The molecule has 19 heavy (non-hydrogen) atoms. The predicted octanol–water partition coefficient (Wildman–Crippen LogP) is 5.38. The van der Waals surface area contributed by atoms with E-state index >= 15 is 0 Å². The normalized spacial score (nSPS) is 10.3. The molecular weight excluding hydrogens is 349 g/mol. The van der Waals surface area contributed by atoms with Crippen LogP contribution in [0.15, 0.2) is 40.9 Å². The third-order valence-electron chi connectivity index (χ3n) is 2.65. The van der Waals surface area contributed by atoms with Gasteiger partial charge in [-0.1, -0.05) is 29.3 Å². The molecule has 0 radical (unpaired) electrons. The van der Waals surface area contributed by atoms with Crippen LogP contribution in [0.3, 0.4) is 0 Å². The Kier molecular flexibility index (Phi) is 4.97. The van der Waals surface area contributed by atoms with E-state index in [1.54, 1.807) is 13.2 Å². The molecule has 5 heteroatoms. The molecule has 0 aliphatic rings. The SMILES string of the molecule is COc1ccc(NCc2ccc(Cl)cc2Cl)cc1Br. The second kappa shape index (κ2) is 6.51. The maximum Gasteiger partial charge on any atom is 0.133 e. The fraction of sp³-hybridized carbons (Fsp3) is 0.143. The monoisotopic (exact) mass is 359 g/mol. The topological polar surface area (TPSA) is 21.3 Å². The third kappa shape index (κ3) is 3.78. The van der Waals surface area contributed by atoms with Crippen LogP contribution in [-0.4, -0.2) is 7.11 Å². The fourth-order valence-corrected chi connectivity index (χ4v) is 2.65. The second-order valence-corrected chi connectivity index (χ2v) is 5.64. The molecule has 0 atom stereocenters. The van der Waals surface area contributed by atoms with E-state index in [2.05, 4.69) is 21.2 Å². The Morgan fingerprint density at radius 1 is 1.16 bits per heavy atom. The first-order chi connectivity index (χ1) is 9.10. The van der Waals surface area contributed by atoms with Gasteiger partial charge in [0.2, 0.25) is 0 Å². The van der Waals surface area contributed by atoms with Crippen LogP contribution in [0, 0.1) is 0 Å². The summed E-state index contributed by atoms with van der Waals surface area (Å²) in [5.74, 6) is 0.801. The van der Waals surface area contributed by atoms with Crippen molar-refractivity contribution in [2.75, 3.05) is 12.4 Å². The smallest absolute Gasteiger partial charge is 0.133 e. The summed E-state index contributed by atoms with van der Waals surface area (Å²) < 4.78 is 6.09. The van der Waals surface area contributed by atoms with Crippen LogP contribution in [0.4, 0.5) is 5.69 Å². The van der Waals surface area contributed by atoms with E-state index in [0.717, 1.165) is 21.5 Å². The van der Waals surface area contributed by atoms with Crippen molar-refractivity contribution in [3.05, 3.63) is 56.5 Å². The number of halogens is 3. The van der Waals surface area contributed by atoms with Gasteiger partial charge in [-0.25, -0.2) is 0 Å². The summed E-state index contributed by atoms with van der Waals surface area (Å²) in [5.41, 5.74) is 1.98. The molecule has 0 aliphatic carbocycles. The molecule has 0 bridgehead atoms. The van der Waals surface area contributed by atoms with Gasteiger partial charge in [0.15, 0.2) is 0 Å². The highest BCUT2D eigenvalue weighted by Crippen LogP contribution is 2.28. The first-order valence-electron chi connectivity index (χ1n) is 5.61. The Morgan fingerprint density at radius 2 is 1.95 bits per heavy atom. The van der Waals surface area contributed by atoms with Crippen LogP contribution in [-0.2, 0) is 6.54 Å². The molecule has 2 rings (SSSR count). The molecule has 0 fully saturated rings. The molecule has 0 heterocycles. The van der Waals surface area contributed by atoms with Crippen LogP contribution in [0.1, 0.15) is 5.56 Å². The van der Waals surface area contributed by atoms with Crippen molar-refractivity contribution in [2.45, 2.75) is 6.54 Å². The summed E-state index contributed by atoms with van der Waals surface area (Å²) in [4.78, 5) is 0. The number of hydrogen-bond acceptors (Lipinski definition) is 2. The van der Waals surface area contributed by atoms with E-state index in [1.165, 1.54) is 0 Å². The maximum atomic E-state index is 6.12. The van der Waals surface area contributed by atoms with Gasteiger partial charge < -0.3 is 10.1 Å². The zero-order valence-electron chi connectivity index (χ0n) is 10.2. The van der Waals surface area contributed by atoms with E-state index in [1.807, 2.05) is 30.3 Å². The molecule has 0 amide bonds. The standard InChI is InChI=1S/C14H12BrCl2NO/c1-19-14-5-4-11(7-12(14)15)18-8-9-2-3-10(16)6-13(9)17/h2-7,18H,8H2,1H3. The number of rotatable bonds is 4. The van der Waals surface area contributed by atoms with Crippen LogP contribution in [0.2, 0.25) is 10.0 Å². The Balaban J connectivity index is 2.08. The second-order valence-electron chi connectivity index (χ2n) is 3.94. The molecule has 0 aliphatic heterocycles. The average molecular weight is 361 g/mol. The molecule has 1 N–H and O–H groups in total. The average Bonchev–Trinajstić information content (AvgIpc) is 2.38. The first-order valence-corrected chi connectivity index (χ1v) is 7.16. The summed E-state index contributed by atoms with van der Waals surface area (Å²) in [6.07, 6.45) is 0. The zero-order valence-corrected chi connectivity index (χ0v) is 13.3. The minimum absolute atomic E-state index is 0.634. The minimum atomic E-state index is 0.634. The van der Waals surface area contributed by atoms with Gasteiger partial charge >= 0.3 is 0 Å². The van der Waals surface area contributed by atoms with Crippen molar-refractivity contribution in [3.63, 3.8) is 0 Å². The van der Waals surface area contributed by atoms with Crippen molar-refractivity contribution >= 4 is 44.8 Å². The largest absolute Gasteiger partial charge is 0.496 e. The van der Waals surface area contributed by atoms with Gasteiger partial charge in [0.25, 0.3) is 0 Å². The Morgan fingerprint density at radius 3 is 2.58 bits per heavy atom. The molecule has 2 aromatic rings. The van der Waals surface area contributed by atoms with E-state index in [9.17, 15) is 0 Å². The molecule has 0 saturated heterocycles. The van der Waals surface area contributed by atoms with E-state index in [-0.39, 0.29) is 0 Å². The van der Waals surface area contributed by atoms with Crippen molar-refractivity contribution in [1.29, 1.82) is 0 Å². The lowest BCUT2D eigenvalue weighted by Crippen LogP contribution is -2.00. The highest BCUT2D eigenvalue weighted by atomic mass is 79.9. The third-order valence-corrected chi connectivity index (χ3v) is 3.86. The lowest BCUT2D eigenvalue weighted by molar-refractivity contribution is 0.412. The Labute approximate surface area is 130 Å². The molecule has 2 nitrogen and oxygen atoms in total. The first kappa shape index (κ1) is 14.5. The van der Waals surface area contributed by atoms with E-state index < -0.39 is 0 Å². The van der Waals surface area contributed by atoms with Gasteiger partial charge in [0.1, 0.15) is 5.75 Å². The molecule has 2 aromatic carbocycles. The molecular formula is C14H12BrCl2NO. The zero-order chi connectivity index (χ0) is 13.8. The Bertz CT molecular complexity index is 590. The number of anilines is 1. The summed E-state index contributed by atoms with van der Waals surface area (Å²) in [6.45, 7) is 0.634. The summed E-state index contributed by atoms with van der Waals surface area (Å²) in [5, 5.41) is 4.60. The van der Waals surface area contributed by atoms with Crippen LogP contribution in [0.25, 0.3) is 0 Å². The number of nitrogens with one attached hydrogen (secondary N) is 1. The minimum Gasteiger partial charge on any atom is -0.496 e. The Hall–Kier alpha value is -0.900. The molecule has 0 saturated carbocycles. The lowest BCUT2D eigenvalue weighted by Gasteiger charge is -2.10. The predicted molar refractivity (Wildman–Crippen MR) is 84.5 cm³/mol. The van der Waals surface area contributed by atoms with E-state index in [4.69, 9.17) is 27.9 Å². The van der Waals surface area contributed by atoms with Crippen LogP contribution < -0.4 is 10.1 Å². The molecule has 0 spiro atoms. The maximum absolute atomic E-state index is 6.12. The van der Waals surface area contributed by atoms with Gasteiger partial charge in [-0.3, -0.25) is 0 Å². The highest BCUT2D eigenvalue weighted by molar-refractivity contribution is 9.10. The van der Waals surface area contributed by atoms with E-state index in [0.29, 0.717) is 16.6 Å². The quantitative estimate of drug-likeness (QED) is 0.790. The molecule has 0 unspecified atom stereocenters. The number of benzene rings is 2. The van der Waals surface area contributed by atoms with Gasteiger partial charge in [-0.15, -0.1) is 0 Å². The van der Waals surface area contributed by atoms with Crippen molar-refractivity contribution in [1.82, 2.24) is 0 Å². The van der Waals surface area contributed by atoms with Crippen molar-refractivity contribution in [3.8, 4) is 5.75 Å². The number of hydrogen-bond donors (Lipinski definition) is 1. The van der Waals surface area contributed by atoms with Crippen LogP contribution >= 0.6 is 39.1 Å². The van der Waals surface area contributed by atoms with Gasteiger partial charge in [0, 0.05) is 22.3 Å². The van der Waals surface area contributed by atoms with Gasteiger partial charge in [0.05, 0.1) is 11.6 Å². The summed E-state index contributed by atoms with van der Waals surface area (Å²) in [6, 6.07) is 11.3. The summed E-state index contributed by atoms with van der Waals surface area (Å²) in [7, 11) is 1.64. The lowest BCUT2D eigenvalue weighted by atomic mass is 10.2. The fourth-order valence-electron chi connectivity index (χ4n) is 1.64. The molecule has 0 aromatic heterocycles. The highest BCUT2D eigenvalue weighted by Gasteiger charge is 2.03. The van der Waals surface area contributed by atoms with Gasteiger partial charge in [-0.2, -0.15) is 0 Å². The van der Waals surface area contributed by atoms with Gasteiger partial charge in [-0.05, 0) is 51.8 Å². The summed E-state index contributed by atoms with van der Waals surface area (Å²) >= 11 is 15.4. The molecule has 100 valence electrons. The van der Waals surface area contributed by atoms with Crippen molar-refractivity contribution in [2.24, 2.45) is 0 Å². The number of methoxy groups -OCH3 is 1. The van der Waals surface area contributed by atoms with Crippen LogP contribution in [0.5, 0.6) is 5.75 Å². The number of ether oxygens (including phenoxy) is 1. The van der Waals surface area contributed by atoms with Crippen molar-refractivity contribution < 1.29 is 4.74 Å².